The molecule has 1 aliphatic rings. The van der Waals surface area contributed by atoms with Crippen molar-refractivity contribution in [3.05, 3.63) is 53.1 Å². The van der Waals surface area contributed by atoms with Crippen molar-refractivity contribution in [3.63, 3.8) is 0 Å². The molecule has 2 aromatic rings. The molecule has 0 atom stereocenters. The van der Waals surface area contributed by atoms with Gasteiger partial charge in [-0.2, -0.15) is 0 Å². The minimum Gasteiger partial charge on any atom is -0.370 e. The van der Waals surface area contributed by atoms with Gasteiger partial charge in [0.25, 0.3) is 6.43 Å². The van der Waals surface area contributed by atoms with E-state index in [9.17, 15) is 8.78 Å². The van der Waals surface area contributed by atoms with E-state index in [1.54, 1.807) is 0 Å². The van der Waals surface area contributed by atoms with Gasteiger partial charge in [-0.05, 0) is 30.3 Å². The summed E-state index contributed by atoms with van der Waals surface area (Å²) in [6, 6.07) is 8.90. The van der Waals surface area contributed by atoms with Crippen LogP contribution in [0.4, 0.5) is 14.5 Å². The van der Waals surface area contributed by atoms with Crippen molar-refractivity contribution in [1.82, 2.24) is 14.9 Å². The highest BCUT2D eigenvalue weighted by Gasteiger charge is 2.18. The number of rotatable bonds is 4. The maximum absolute atomic E-state index is 12.7. The van der Waals surface area contributed by atoms with E-state index in [2.05, 4.69) is 19.9 Å². The van der Waals surface area contributed by atoms with Crippen molar-refractivity contribution in [2.24, 2.45) is 10.7 Å². The number of hydrogen-bond acceptors (Lipinski definition) is 4. The highest BCUT2D eigenvalue weighted by Crippen LogP contribution is 2.19. The van der Waals surface area contributed by atoms with Gasteiger partial charge in [0.15, 0.2) is 5.96 Å². The van der Waals surface area contributed by atoms with E-state index in [4.69, 9.17) is 17.3 Å². The average Bonchev–Trinajstić information content (AvgIpc) is 2.67. The fourth-order valence-electron chi connectivity index (χ4n) is 2.71. The van der Waals surface area contributed by atoms with E-state index in [0.717, 1.165) is 31.9 Å². The van der Waals surface area contributed by atoms with Crippen molar-refractivity contribution in [2.45, 2.75) is 13.0 Å². The highest BCUT2D eigenvalue weighted by atomic mass is 127. The van der Waals surface area contributed by atoms with Crippen LogP contribution in [0.3, 0.4) is 0 Å². The molecule has 0 saturated carbocycles. The van der Waals surface area contributed by atoms with Crippen LogP contribution in [0.1, 0.15) is 17.9 Å². The molecule has 6 nitrogen and oxygen atoms in total. The number of guanidine groups is 1. The van der Waals surface area contributed by atoms with Gasteiger partial charge < -0.3 is 15.5 Å². The number of aromatic nitrogens is 2. The number of alkyl halides is 2. The lowest BCUT2D eigenvalue weighted by molar-refractivity contribution is 0.145. The van der Waals surface area contributed by atoms with Crippen molar-refractivity contribution in [2.75, 3.05) is 31.1 Å². The number of hydrogen-bond donors (Lipinski definition) is 1. The van der Waals surface area contributed by atoms with Crippen LogP contribution < -0.4 is 10.6 Å². The zero-order valence-electron chi connectivity index (χ0n) is 14.4. The van der Waals surface area contributed by atoms with Gasteiger partial charge in [-0.3, -0.25) is 0 Å². The monoisotopic (exact) mass is 508 g/mol. The smallest absolute Gasteiger partial charge is 0.280 e. The van der Waals surface area contributed by atoms with Gasteiger partial charge in [0.05, 0.1) is 0 Å². The van der Waals surface area contributed by atoms with Crippen molar-refractivity contribution >= 4 is 47.2 Å². The second kappa shape index (κ2) is 9.98. The molecule has 0 aliphatic carbocycles. The minimum absolute atomic E-state index is 0. The van der Waals surface area contributed by atoms with Crippen LogP contribution in [0.15, 0.2) is 41.5 Å². The quantitative estimate of drug-likeness (QED) is 0.390. The van der Waals surface area contributed by atoms with Crippen LogP contribution in [0.2, 0.25) is 5.02 Å². The molecule has 0 radical (unpaired) electrons. The largest absolute Gasteiger partial charge is 0.370 e. The molecule has 1 aliphatic heterocycles. The molecule has 0 bridgehead atoms. The molecule has 146 valence electrons. The summed E-state index contributed by atoms with van der Waals surface area (Å²) in [5, 5.41) is 0.710. The lowest BCUT2D eigenvalue weighted by Gasteiger charge is -2.36. The molecular formula is C17H20ClF2IN6. The fraction of sp³-hybridized carbons (Fsp3) is 0.353. The first-order valence-corrected chi connectivity index (χ1v) is 8.56. The zero-order chi connectivity index (χ0) is 18.5. The van der Waals surface area contributed by atoms with E-state index >= 15 is 0 Å². The summed E-state index contributed by atoms with van der Waals surface area (Å²) in [5.74, 6) is 0.595. The maximum atomic E-state index is 12.7. The number of piperazine rings is 1. The lowest BCUT2D eigenvalue weighted by Crippen LogP contribution is -2.51. The molecule has 0 unspecified atom stereocenters. The van der Waals surface area contributed by atoms with Gasteiger partial charge in [0, 0.05) is 43.1 Å². The van der Waals surface area contributed by atoms with Crippen LogP contribution in [0.25, 0.3) is 0 Å². The number of benzene rings is 1. The molecule has 2 N–H and O–H groups in total. The van der Waals surface area contributed by atoms with Gasteiger partial charge in [-0.15, -0.1) is 24.0 Å². The Kier molecular flexibility index (Phi) is 7.96. The molecule has 10 heteroatoms. The summed E-state index contributed by atoms with van der Waals surface area (Å²) in [6.07, 6.45) is -1.32. The predicted octanol–water partition coefficient (Wildman–Crippen LogP) is 3.32. The van der Waals surface area contributed by atoms with Gasteiger partial charge in [0.1, 0.15) is 18.1 Å². The summed E-state index contributed by atoms with van der Waals surface area (Å²) in [5.41, 5.74) is 6.84. The molecule has 0 amide bonds. The van der Waals surface area contributed by atoms with Crippen LogP contribution in [0.5, 0.6) is 0 Å². The number of nitrogens with two attached hydrogens (primary N) is 1. The molecule has 27 heavy (non-hydrogen) atoms. The Morgan fingerprint density at radius 3 is 2.44 bits per heavy atom. The predicted molar refractivity (Wildman–Crippen MR) is 113 cm³/mol. The average molecular weight is 509 g/mol. The van der Waals surface area contributed by atoms with Gasteiger partial charge in [-0.1, -0.05) is 11.6 Å². The van der Waals surface area contributed by atoms with Gasteiger partial charge in [-0.25, -0.2) is 23.7 Å². The van der Waals surface area contributed by atoms with Crippen molar-refractivity contribution < 1.29 is 8.78 Å². The summed E-state index contributed by atoms with van der Waals surface area (Å²) >= 11 is 5.92. The topological polar surface area (TPSA) is 70.6 Å². The summed E-state index contributed by atoms with van der Waals surface area (Å²) in [4.78, 5) is 16.2. The highest BCUT2D eigenvalue weighted by molar-refractivity contribution is 14.0. The number of anilines is 1. The molecule has 1 saturated heterocycles. The van der Waals surface area contributed by atoms with Gasteiger partial charge >= 0.3 is 0 Å². The summed E-state index contributed by atoms with van der Waals surface area (Å²) < 4.78 is 25.3. The zero-order valence-corrected chi connectivity index (χ0v) is 17.5. The second-order valence-electron chi connectivity index (χ2n) is 5.82. The molecule has 1 aromatic heterocycles. The normalized spacial score (nSPS) is 15.0. The summed E-state index contributed by atoms with van der Waals surface area (Å²) in [7, 11) is 0. The third-order valence-corrected chi connectivity index (χ3v) is 4.38. The molecule has 1 fully saturated rings. The van der Waals surface area contributed by atoms with E-state index in [1.165, 1.54) is 12.3 Å². The first kappa shape index (κ1) is 21.5. The summed E-state index contributed by atoms with van der Waals surface area (Å²) in [6.45, 7) is 3.11. The first-order valence-electron chi connectivity index (χ1n) is 8.18. The number of halogens is 4. The number of nitrogens with zero attached hydrogens (tertiary/aromatic N) is 5. The Hall–Kier alpha value is -1.75. The standard InChI is InChI=1S/C17H19ClF2N6.HI/c18-12-1-3-13(4-2-12)25-7-9-26(10-8-25)17(21)23-11-15-22-6-5-14(24-15)16(19)20;/h1-6,16H,7-11H2,(H2,21,23);1H. The van der Waals surface area contributed by atoms with Crippen molar-refractivity contribution in [3.8, 4) is 0 Å². The maximum Gasteiger partial charge on any atom is 0.280 e. The molecule has 1 aromatic carbocycles. The SMILES string of the molecule is I.NC(=NCc1nccc(C(F)F)n1)N1CCN(c2ccc(Cl)cc2)CC1. The van der Waals surface area contributed by atoms with Crippen molar-refractivity contribution in [1.29, 1.82) is 0 Å². The van der Waals surface area contributed by atoms with Crippen LogP contribution >= 0.6 is 35.6 Å². The Morgan fingerprint density at radius 2 is 1.81 bits per heavy atom. The Morgan fingerprint density at radius 1 is 1.15 bits per heavy atom. The molecular weight excluding hydrogens is 489 g/mol. The molecule has 3 rings (SSSR count). The Bertz CT molecular complexity index is 766. The molecule has 0 spiro atoms. The Balaban J connectivity index is 0.00000261. The Labute approximate surface area is 178 Å². The minimum atomic E-state index is -2.63. The van der Waals surface area contributed by atoms with Gasteiger partial charge in [0.2, 0.25) is 0 Å². The third-order valence-electron chi connectivity index (χ3n) is 4.13. The number of aliphatic imine (C=N–C) groups is 1. The van der Waals surface area contributed by atoms with E-state index < -0.39 is 6.43 Å². The first-order chi connectivity index (χ1) is 12.5. The third kappa shape index (κ3) is 5.86. The van der Waals surface area contributed by atoms with Crippen LogP contribution in [-0.4, -0.2) is 47.0 Å². The lowest BCUT2D eigenvalue weighted by atomic mass is 10.2. The second-order valence-corrected chi connectivity index (χ2v) is 6.26. The fourth-order valence-corrected chi connectivity index (χ4v) is 2.84. The van der Waals surface area contributed by atoms with E-state index in [0.29, 0.717) is 11.0 Å². The van der Waals surface area contributed by atoms with Crippen LogP contribution in [-0.2, 0) is 6.54 Å². The van der Waals surface area contributed by atoms with E-state index in [-0.39, 0.29) is 42.0 Å². The molecule has 2 heterocycles. The van der Waals surface area contributed by atoms with E-state index in [1.807, 2.05) is 29.2 Å². The van der Waals surface area contributed by atoms with Crippen LogP contribution in [0, 0.1) is 0 Å².